The molecule has 0 aliphatic carbocycles. The van der Waals surface area contributed by atoms with Gasteiger partial charge in [0.05, 0.1) is 6.20 Å². The Balaban J connectivity index is 2.15. The normalized spacial score (nSPS) is 23.3. The van der Waals surface area contributed by atoms with Gasteiger partial charge in [-0.05, 0) is 13.5 Å². The van der Waals surface area contributed by atoms with Gasteiger partial charge in [-0.3, -0.25) is 5.10 Å². The largest absolute Gasteiger partial charge is 0.396 e. The highest BCUT2D eigenvalue weighted by Gasteiger charge is 2.32. The van der Waals surface area contributed by atoms with Crippen molar-refractivity contribution in [2.24, 2.45) is 0 Å². The molecule has 1 fully saturated rings. The second-order valence-electron chi connectivity index (χ2n) is 4.44. The van der Waals surface area contributed by atoms with Crippen molar-refractivity contribution >= 4 is 10.0 Å². The lowest BCUT2D eigenvalue weighted by atomic mass is 10.1. The molecule has 0 spiro atoms. The summed E-state index contributed by atoms with van der Waals surface area (Å²) in [6.45, 7) is 1.60. The van der Waals surface area contributed by atoms with Crippen LogP contribution in [0.1, 0.15) is 6.42 Å². The Morgan fingerprint density at radius 1 is 1.56 bits per heavy atom. The Kier molecular flexibility index (Phi) is 4.00. The number of nitrogens with zero attached hydrogens (tertiary/aromatic N) is 3. The molecule has 18 heavy (non-hydrogen) atoms. The van der Waals surface area contributed by atoms with Crippen molar-refractivity contribution in [2.75, 3.05) is 33.3 Å². The van der Waals surface area contributed by atoms with Crippen molar-refractivity contribution in [1.82, 2.24) is 19.4 Å². The molecule has 0 bridgehead atoms. The fraction of sp³-hybridized carbons (Fsp3) is 0.700. The first-order chi connectivity index (χ1) is 8.55. The van der Waals surface area contributed by atoms with Crippen LogP contribution >= 0.6 is 0 Å². The zero-order valence-corrected chi connectivity index (χ0v) is 11.1. The summed E-state index contributed by atoms with van der Waals surface area (Å²) in [5.74, 6) is 0. The summed E-state index contributed by atoms with van der Waals surface area (Å²) in [5.41, 5.74) is 0. The Labute approximate surface area is 106 Å². The first-order valence-electron chi connectivity index (χ1n) is 5.85. The molecular formula is C10H18N4O3S. The average Bonchev–Trinajstić information content (AvgIpc) is 2.86. The highest BCUT2D eigenvalue weighted by atomic mass is 32.2. The molecule has 0 saturated carbocycles. The van der Waals surface area contributed by atoms with Gasteiger partial charge in [0.2, 0.25) is 10.0 Å². The van der Waals surface area contributed by atoms with Gasteiger partial charge in [0.15, 0.2) is 0 Å². The second-order valence-corrected chi connectivity index (χ2v) is 6.38. The lowest BCUT2D eigenvalue weighted by molar-refractivity contribution is 0.120. The number of H-pyrrole nitrogens is 1. The number of piperazine rings is 1. The van der Waals surface area contributed by atoms with E-state index in [0.29, 0.717) is 26.1 Å². The molecule has 1 atom stereocenters. The predicted molar refractivity (Wildman–Crippen MR) is 65.5 cm³/mol. The number of aliphatic hydroxyl groups is 1. The minimum absolute atomic E-state index is 0.0606. The van der Waals surface area contributed by atoms with Gasteiger partial charge in [-0.15, -0.1) is 0 Å². The summed E-state index contributed by atoms with van der Waals surface area (Å²) in [6.07, 6.45) is 3.28. The van der Waals surface area contributed by atoms with E-state index in [1.165, 1.54) is 16.7 Å². The number of aliphatic hydroxyl groups excluding tert-OH is 1. The minimum atomic E-state index is -3.46. The molecule has 2 rings (SSSR count). The summed E-state index contributed by atoms with van der Waals surface area (Å²) < 4.78 is 26.0. The third-order valence-corrected chi connectivity index (χ3v) is 5.14. The van der Waals surface area contributed by atoms with Crippen LogP contribution in [0.2, 0.25) is 0 Å². The zero-order chi connectivity index (χ0) is 13.2. The topological polar surface area (TPSA) is 89.5 Å². The summed E-state index contributed by atoms with van der Waals surface area (Å²) in [7, 11) is -1.52. The number of rotatable bonds is 4. The van der Waals surface area contributed by atoms with Gasteiger partial charge >= 0.3 is 0 Å². The number of aromatic amines is 1. The van der Waals surface area contributed by atoms with Crippen LogP contribution in [0.4, 0.5) is 0 Å². The number of likely N-dealkylation sites (N-methyl/N-ethyl adjacent to an activating group) is 1. The van der Waals surface area contributed by atoms with E-state index in [9.17, 15) is 8.42 Å². The molecule has 1 aromatic heterocycles. The maximum Gasteiger partial charge on any atom is 0.246 e. The highest BCUT2D eigenvalue weighted by molar-refractivity contribution is 7.89. The first kappa shape index (κ1) is 13.5. The van der Waals surface area contributed by atoms with E-state index in [1.807, 2.05) is 7.05 Å². The van der Waals surface area contributed by atoms with Crippen molar-refractivity contribution < 1.29 is 13.5 Å². The number of hydrogen-bond donors (Lipinski definition) is 2. The third kappa shape index (κ3) is 2.56. The molecule has 8 heteroatoms. The number of aromatic nitrogens is 2. The molecule has 2 N–H and O–H groups in total. The molecule has 0 amide bonds. The SMILES string of the molecule is CN1CCN(S(=O)(=O)c2cn[nH]c2)C[C@@H]1CCO. The maximum absolute atomic E-state index is 12.3. The molecule has 0 aromatic carbocycles. The molecule has 1 saturated heterocycles. The van der Waals surface area contributed by atoms with E-state index in [0.717, 1.165) is 0 Å². The Morgan fingerprint density at radius 2 is 2.33 bits per heavy atom. The fourth-order valence-corrected chi connectivity index (χ4v) is 3.50. The molecule has 0 radical (unpaired) electrons. The molecule has 102 valence electrons. The van der Waals surface area contributed by atoms with Crippen molar-refractivity contribution in [1.29, 1.82) is 0 Å². The monoisotopic (exact) mass is 274 g/mol. The van der Waals surface area contributed by atoms with Gasteiger partial charge in [-0.25, -0.2) is 8.42 Å². The van der Waals surface area contributed by atoms with E-state index in [2.05, 4.69) is 15.1 Å². The average molecular weight is 274 g/mol. The van der Waals surface area contributed by atoms with E-state index in [1.54, 1.807) is 0 Å². The molecule has 1 aliphatic heterocycles. The molecule has 1 aliphatic rings. The van der Waals surface area contributed by atoms with Crippen LogP contribution in [0.5, 0.6) is 0 Å². The van der Waals surface area contributed by atoms with E-state index >= 15 is 0 Å². The lowest BCUT2D eigenvalue weighted by Crippen LogP contribution is -2.53. The van der Waals surface area contributed by atoms with Crippen LogP contribution in [0, 0.1) is 0 Å². The Hall–Kier alpha value is -0.960. The molecular weight excluding hydrogens is 256 g/mol. The summed E-state index contributed by atoms with van der Waals surface area (Å²) in [5, 5.41) is 15.2. The Bertz CT molecular complexity index is 473. The van der Waals surface area contributed by atoms with Crippen molar-refractivity contribution in [3.05, 3.63) is 12.4 Å². The van der Waals surface area contributed by atoms with Crippen LogP contribution < -0.4 is 0 Å². The molecule has 1 aromatic rings. The van der Waals surface area contributed by atoms with Gasteiger partial charge in [0.25, 0.3) is 0 Å². The molecule has 7 nitrogen and oxygen atoms in total. The van der Waals surface area contributed by atoms with Gasteiger partial charge in [-0.2, -0.15) is 9.40 Å². The smallest absolute Gasteiger partial charge is 0.246 e. The Morgan fingerprint density at radius 3 is 2.94 bits per heavy atom. The van der Waals surface area contributed by atoms with Crippen LogP contribution in [-0.4, -0.2) is 72.3 Å². The quantitative estimate of drug-likeness (QED) is 0.742. The van der Waals surface area contributed by atoms with E-state index in [-0.39, 0.29) is 17.5 Å². The summed E-state index contributed by atoms with van der Waals surface area (Å²) >= 11 is 0. The van der Waals surface area contributed by atoms with Gasteiger partial charge in [-0.1, -0.05) is 0 Å². The fourth-order valence-electron chi connectivity index (χ4n) is 2.13. The third-order valence-electron chi connectivity index (χ3n) is 3.31. The van der Waals surface area contributed by atoms with Crippen LogP contribution in [0.15, 0.2) is 17.3 Å². The van der Waals surface area contributed by atoms with Crippen LogP contribution in [-0.2, 0) is 10.0 Å². The van der Waals surface area contributed by atoms with Gasteiger partial charge in [0.1, 0.15) is 4.90 Å². The highest BCUT2D eigenvalue weighted by Crippen LogP contribution is 2.19. The minimum Gasteiger partial charge on any atom is -0.396 e. The molecule has 2 heterocycles. The van der Waals surface area contributed by atoms with Crippen LogP contribution in [0.3, 0.4) is 0 Å². The standard InChI is InChI=1S/C10H18N4O3S/c1-13-3-4-14(8-9(13)2-5-15)18(16,17)10-6-11-12-7-10/h6-7,9,15H,2-5,8H2,1H3,(H,11,12)/t9-/m0/s1. The second kappa shape index (κ2) is 5.35. The summed E-state index contributed by atoms with van der Waals surface area (Å²) in [4.78, 5) is 2.27. The zero-order valence-electron chi connectivity index (χ0n) is 10.3. The van der Waals surface area contributed by atoms with Gasteiger partial charge in [0, 0.05) is 38.5 Å². The van der Waals surface area contributed by atoms with E-state index < -0.39 is 10.0 Å². The van der Waals surface area contributed by atoms with Gasteiger partial charge < -0.3 is 10.0 Å². The predicted octanol–water partition coefficient (Wildman–Crippen LogP) is -0.903. The maximum atomic E-state index is 12.3. The lowest BCUT2D eigenvalue weighted by Gasteiger charge is -2.38. The van der Waals surface area contributed by atoms with Crippen LogP contribution in [0.25, 0.3) is 0 Å². The summed E-state index contributed by atoms with van der Waals surface area (Å²) in [6, 6.07) is 0.0606. The number of nitrogens with one attached hydrogen (secondary N) is 1. The first-order valence-corrected chi connectivity index (χ1v) is 7.29. The molecule has 0 unspecified atom stereocenters. The van der Waals surface area contributed by atoms with E-state index in [4.69, 9.17) is 5.11 Å². The number of sulfonamides is 1. The van der Waals surface area contributed by atoms with Crippen molar-refractivity contribution in [2.45, 2.75) is 17.4 Å². The van der Waals surface area contributed by atoms with Crippen molar-refractivity contribution in [3.8, 4) is 0 Å². The van der Waals surface area contributed by atoms with Crippen molar-refractivity contribution in [3.63, 3.8) is 0 Å². The number of hydrogen-bond acceptors (Lipinski definition) is 5.